The maximum Gasteiger partial charge on any atom is 0.119 e. The van der Waals surface area contributed by atoms with Crippen molar-refractivity contribution in [1.82, 2.24) is 5.32 Å². The summed E-state index contributed by atoms with van der Waals surface area (Å²) in [5.41, 5.74) is 1.29. The first-order chi connectivity index (χ1) is 9.63. The summed E-state index contributed by atoms with van der Waals surface area (Å²) in [7, 11) is 0. The van der Waals surface area contributed by atoms with Crippen molar-refractivity contribution in [3.05, 3.63) is 29.8 Å². The van der Waals surface area contributed by atoms with Gasteiger partial charge in [0.25, 0.3) is 0 Å². The van der Waals surface area contributed by atoms with Crippen LogP contribution in [0.4, 0.5) is 0 Å². The Kier molecular flexibility index (Phi) is 8.31. The summed E-state index contributed by atoms with van der Waals surface area (Å²) in [5, 5.41) is 3.39. The van der Waals surface area contributed by atoms with Crippen molar-refractivity contribution in [3.8, 4) is 5.75 Å². The smallest absolute Gasteiger partial charge is 0.119 e. The van der Waals surface area contributed by atoms with Crippen LogP contribution in [0.3, 0.4) is 0 Å². The molecular formula is C17H29NO2. The minimum absolute atomic E-state index is 0.283. The average molecular weight is 279 g/mol. The molecule has 1 N–H and O–H groups in total. The van der Waals surface area contributed by atoms with E-state index in [0.29, 0.717) is 19.1 Å². The van der Waals surface area contributed by atoms with Crippen LogP contribution in [-0.2, 0) is 11.3 Å². The molecule has 0 heterocycles. The molecule has 1 rings (SSSR count). The Morgan fingerprint density at radius 3 is 2.35 bits per heavy atom. The van der Waals surface area contributed by atoms with Gasteiger partial charge in [-0.2, -0.15) is 0 Å². The van der Waals surface area contributed by atoms with Gasteiger partial charge in [-0.15, -0.1) is 0 Å². The van der Waals surface area contributed by atoms with Gasteiger partial charge < -0.3 is 14.8 Å². The Bertz CT molecular complexity index is 349. The Balaban J connectivity index is 2.21. The zero-order chi connectivity index (χ0) is 14.8. The van der Waals surface area contributed by atoms with E-state index in [0.717, 1.165) is 25.3 Å². The maximum atomic E-state index is 5.68. The van der Waals surface area contributed by atoms with Gasteiger partial charge in [0.05, 0.1) is 12.7 Å². The highest BCUT2D eigenvalue weighted by Crippen LogP contribution is 2.12. The third kappa shape index (κ3) is 6.92. The molecule has 0 aliphatic heterocycles. The second-order valence-corrected chi connectivity index (χ2v) is 5.49. The Morgan fingerprint density at radius 2 is 1.75 bits per heavy atom. The molecule has 0 saturated carbocycles. The molecule has 0 aliphatic rings. The van der Waals surface area contributed by atoms with E-state index in [-0.39, 0.29) is 6.10 Å². The molecule has 0 aliphatic carbocycles. The molecule has 0 saturated heterocycles. The molecule has 1 aromatic carbocycles. The van der Waals surface area contributed by atoms with Crippen LogP contribution in [0, 0.1) is 5.92 Å². The summed E-state index contributed by atoms with van der Waals surface area (Å²) in [6, 6.07) is 8.26. The van der Waals surface area contributed by atoms with E-state index >= 15 is 0 Å². The molecule has 3 nitrogen and oxygen atoms in total. The van der Waals surface area contributed by atoms with Crippen molar-refractivity contribution in [2.75, 3.05) is 19.8 Å². The number of ether oxygens (including phenoxy) is 2. The van der Waals surface area contributed by atoms with Crippen molar-refractivity contribution in [3.63, 3.8) is 0 Å². The lowest BCUT2D eigenvalue weighted by atomic mass is 10.1. The lowest BCUT2D eigenvalue weighted by Gasteiger charge is -2.16. The molecule has 0 spiro atoms. The fraction of sp³-hybridized carbons (Fsp3) is 0.647. The van der Waals surface area contributed by atoms with Crippen LogP contribution in [0.15, 0.2) is 24.3 Å². The Morgan fingerprint density at radius 1 is 1.05 bits per heavy atom. The zero-order valence-corrected chi connectivity index (χ0v) is 13.3. The first kappa shape index (κ1) is 17.0. The average Bonchev–Trinajstić information content (AvgIpc) is 2.45. The highest BCUT2D eigenvalue weighted by atomic mass is 16.5. The summed E-state index contributed by atoms with van der Waals surface area (Å²) in [4.78, 5) is 0. The molecule has 1 aromatic rings. The largest absolute Gasteiger partial charge is 0.491 e. The molecule has 3 heteroatoms. The highest BCUT2D eigenvalue weighted by molar-refractivity contribution is 5.27. The second-order valence-electron chi connectivity index (χ2n) is 5.49. The van der Waals surface area contributed by atoms with Gasteiger partial charge in [0.15, 0.2) is 0 Å². The summed E-state index contributed by atoms with van der Waals surface area (Å²) in [5.74, 6) is 1.45. The van der Waals surface area contributed by atoms with Crippen molar-refractivity contribution in [1.29, 1.82) is 0 Å². The summed E-state index contributed by atoms with van der Waals surface area (Å²) in [6.07, 6.45) is 1.45. The van der Waals surface area contributed by atoms with Gasteiger partial charge in [-0.1, -0.05) is 32.9 Å². The van der Waals surface area contributed by atoms with Gasteiger partial charge >= 0.3 is 0 Å². The zero-order valence-electron chi connectivity index (χ0n) is 13.3. The lowest BCUT2D eigenvalue weighted by Crippen LogP contribution is -2.19. The van der Waals surface area contributed by atoms with Crippen LogP contribution >= 0.6 is 0 Å². The monoisotopic (exact) mass is 279 g/mol. The fourth-order valence-corrected chi connectivity index (χ4v) is 1.70. The number of hydrogen-bond acceptors (Lipinski definition) is 3. The predicted molar refractivity (Wildman–Crippen MR) is 84.2 cm³/mol. The lowest BCUT2D eigenvalue weighted by molar-refractivity contribution is 0.0188. The van der Waals surface area contributed by atoms with Gasteiger partial charge in [-0.25, -0.2) is 0 Å². The second kappa shape index (κ2) is 9.78. The van der Waals surface area contributed by atoms with Gasteiger partial charge in [0.2, 0.25) is 0 Å². The van der Waals surface area contributed by atoms with E-state index in [4.69, 9.17) is 9.47 Å². The van der Waals surface area contributed by atoms with Crippen molar-refractivity contribution >= 4 is 0 Å². The van der Waals surface area contributed by atoms with E-state index in [9.17, 15) is 0 Å². The van der Waals surface area contributed by atoms with Crippen LogP contribution in [0.2, 0.25) is 0 Å². The number of nitrogens with one attached hydrogen (secondary N) is 1. The van der Waals surface area contributed by atoms with Crippen LogP contribution in [-0.4, -0.2) is 25.9 Å². The van der Waals surface area contributed by atoms with Crippen molar-refractivity contribution in [2.45, 2.75) is 46.8 Å². The summed E-state index contributed by atoms with van der Waals surface area (Å²) >= 11 is 0. The molecular weight excluding hydrogens is 250 g/mol. The van der Waals surface area contributed by atoms with E-state index in [2.05, 4.69) is 45.1 Å². The Labute approximate surface area is 123 Å². The molecule has 0 fully saturated rings. The molecule has 114 valence electrons. The van der Waals surface area contributed by atoms with Crippen LogP contribution < -0.4 is 10.1 Å². The van der Waals surface area contributed by atoms with Crippen LogP contribution in [0.5, 0.6) is 5.75 Å². The number of benzene rings is 1. The van der Waals surface area contributed by atoms with Gasteiger partial charge in [0, 0.05) is 6.54 Å². The quantitative estimate of drug-likeness (QED) is 0.663. The third-order valence-electron chi connectivity index (χ3n) is 3.35. The van der Waals surface area contributed by atoms with Crippen molar-refractivity contribution < 1.29 is 9.47 Å². The third-order valence-corrected chi connectivity index (χ3v) is 3.35. The van der Waals surface area contributed by atoms with Gasteiger partial charge in [-0.3, -0.25) is 0 Å². The molecule has 0 amide bonds. The maximum absolute atomic E-state index is 5.68. The molecule has 0 bridgehead atoms. The summed E-state index contributed by atoms with van der Waals surface area (Å²) in [6.45, 7) is 11.8. The SMILES string of the molecule is CCCNCc1ccc(OCCOC(C)C(C)C)cc1. The van der Waals surface area contributed by atoms with E-state index in [1.807, 2.05) is 12.1 Å². The number of rotatable bonds is 10. The fourth-order valence-electron chi connectivity index (χ4n) is 1.70. The number of hydrogen-bond donors (Lipinski definition) is 1. The minimum atomic E-state index is 0.283. The van der Waals surface area contributed by atoms with Crippen molar-refractivity contribution in [2.24, 2.45) is 5.92 Å². The molecule has 1 atom stereocenters. The highest BCUT2D eigenvalue weighted by Gasteiger charge is 2.06. The van der Waals surface area contributed by atoms with Gasteiger partial charge in [-0.05, 0) is 43.5 Å². The topological polar surface area (TPSA) is 30.5 Å². The normalized spacial score (nSPS) is 12.7. The standard InChI is InChI=1S/C17H29NO2/c1-5-10-18-13-16-6-8-17(9-7-16)20-12-11-19-15(4)14(2)3/h6-9,14-15,18H,5,10-13H2,1-4H3. The first-order valence-electron chi connectivity index (χ1n) is 7.67. The molecule has 20 heavy (non-hydrogen) atoms. The molecule has 0 radical (unpaired) electrons. The van der Waals surface area contributed by atoms with E-state index in [1.54, 1.807) is 0 Å². The first-order valence-corrected chi connectivity index (χ1v) is 7.67. The minimum Gasteiger partial charge on any atom is -0.491 e. The van der Waals surface area contributed by atoms with Crippen LogP contribution in [0.25, 0.3) is 0 Å². The van der Waals surface area contributed by atoms with E-state index < -0.39 is 0 Å². The predicted octanol–water partition coefficient (Wildman–Crippen LogP) is 3.63. The van der Waals surface area contributed by atoms with Gasteiger partial charge in [0.1, 0.15) is 12.4 Å². The molecule has 0 aromatic heterocycles. The summed E-state index contributed by atoms with van der Waals surface area (Å²) < 4.78 is 11.4. The van der Waals surface area contributed by atoms with Crippen LogP contribution in [0.1, 0.15) is 39.7 Å². The van der Waals surface area contributed by atoms with E-state index in [1.165, 1.54) is 5.56 Å². The Hall–Kier alpha value is -1.06. The molecule has 1 unspecified atom stereocenters.